The van der Waals surface area contributed by atoms with E-state index in [9.17, 15) is 9.90 Å². The molecule has 4 rings (SSSR count). The van der Waals surface area contributed by atoms with Crippen LogP contribution in [0.1, 0.15) is 92.6 Å². The third kappa shape index (κ3) is 6.83. The molecule has 0 radical (unpaired) electrons. The minimum atomic E-state index is -2.80. The second-order valence-corrected chi connectivity index (χ2v) is 10.6. The van der Waals surface area contributed by atoms with Crippen molar-refractivity contribution in [1.29, 1.82) is 0 Å². The number of nitrogens with zero attached hydrogens (tertiary/aromatic N) is 3. The van der Waals surface area contributed by atoms with Crippen molar-refractivity contribution in [2.24, 2.45) is 5.92 Å². The smallest absolute Gasteiger partial charge is 0.325 e. The SMILES string of the molecule is CCCc1ccc(CCCCCC(F)(F)C2CCN(C(C(=O)O)c3cnccc3C3CC3)C2)nc1NC. The first kappa shape index (κ1) is 27.4. The van der Waals surface area contributed by atoms with E-state index < -0.39 is 23.9 Å². The summed E-state index contributed by atoms with van der Waals surface area (Å²) in [6.07, 6.45) is 10.4. The molecule has 2 fully saturated rings. The van der Waals surface area contributed by atoms with E-state index >= 15 is 8.78 Å². The number of rotatable bonds is 14. The number of halogens is 2. The minimum Gasteiger partial charge on any atom is -0.480 e. The summed E-state index contributed by atoms with van der Waals surface area (Å²) in [5, 5.41) is 13.2. The normalized spacial score (nSPS) is 19.2. The van der Waals surface area contributed by atoms with Crippen molar-refractivity contribution in [2.75, 3.05) is 25.5 Å². The number of alkyl halides is 2. The lowest BCUT2D eigenvalue weighted by Crippen LogP contribution is -2.36. The van der Waals surface area contributed by atoms with Gasteiger partial charge in [-0.2, -0.15) is 0 Å². The summed E-state index contributed by atoms with van der Waals surface area (Å²) < 4.78 is 30.3. The Kier molecular flexibility index (Phi) is 9.11. The number of hydrogen-bond donors (Lipinski definition) is 2. The molecule has 2 N–H and O–H groups in total. The maximum atomic E-state index is 15.1. The van der Waals surface area contributed by atoms with Gasteiger partial charge in [0, 0.05) is 49.6 Å². The zero-order valence-corrected chi connectivity index (χ0v) is 22.1. The number of carboxylic acids is 1. The second-order valence-electron chi connectivity index (χ2n) is 10.6. The zero-order valence-electron chi connectivity index (χ0n) is 22.1. The first-order valence-corrected chi connectivity index (χ1v) is 13.8. The molecule has 1 saturated carbocycles. The molecule has 2 unspecified atom stereocenters. The number of pyridine rings is 2. The number of aryl methyl sites for hydroxylation is 2. The molecule has 1 aliphatic carbocycles. The molecule has 2 aliphatic rings. The lowest BCUT2D eigenvalue weighted by Gasteiger charge is -2.28. The van der Waals surface area contributed by atoms with E-state index in [0.29, 0.717) is 30.9 Å². The van der Waals surface area contributed by atoms with E-state index in [4.69, 9.17) is 0 Å². The minimum absolute atomic E-state index is 0.101. The van der Waals surface area contributed by atoms with Crippen LogP contribution in [0.15, 0.2) is 30.6 Å². The molecule has 1 aliphatic heterocycles. The van der Waals surface area contributed by atoms with Crippen LogP contribution in [0, 0.1) is 5.92 Å². The molecular weight excluding hydrogens is 474 g/mol. The number of likely N-dealkylation sites (tertiary alicyclic amines) is 1. The Morgan fingerprint density at radius 3 is 2.70 bits per heavy atom. The van der Waals surface area contributed by atoms with Gasteiger partial charge in [0.05, 0.1) is 0 Å². The Hall–Kier alpha value is -2.61. The van der Waals surface area contributed by atoms with Crippen LogP contribution in [0.5, 0.6) is 0 Å². The third-order valence-corrected chi connectivity index (χ3v) is 7.85. The van der Waals surface area contributed by atoms with Crippen LogP contribution in [-0.2, 0) is 17.6 Å². The number of anilines is 1. The van der Waals surface area contributed by atoms with Gasteiger partial charge in [0.15, 0.2) is 0 Å². The van der Waals surface area contributed by atoms with E-state index in [1.807, 2.05) is 19.2 Å². The first-order chi connectivity index (χ1) is 17.8. The monoisotopic (exact) mass is 514 g/mol. The quantitative estimate of drug-likeness (QED) is 0.291. The Morgan fingerprint density at radius 1 is 1.19 bits per heavy atom. The summed E-state index contributed by atoms with van der Waals surface area (Å²) in [6.45, 7) is 2.61. The van der Waals surface area contributed by atoms with Gasteiger partial charge >= 0.3 is 5.97 Å². The zero-order chi connectivity index (χ0) is 26.4. The molecule has 0 bridgehead atoms. The summed E-state index contributed by atoms with van der Waals surface area (Å²) in [4.78, 5) is 22.8. The number of nitrogens with one attached hydrogen (secondary N) is 1. The van der Waals surface area contributed by atoms with Crippen molar-refractivity contribution in [3.05, 3.63) is 53.0 Å². The number of carboxylic acid groups (broad SMARTS) is 1. The van der Waals surface area contributed by atoms with Crippen LogP contribution in [-0.4, -0.2) is 52.0 Å². The van der Waals surface area contributed by atoms with Gasteiger partial charge in [-0.05, 0) is 80.7 Å². The molecule has 3 heterocycles. The fourth-order valence-corrected chi connectivity index (χ4v) is 5.67. The number of aliphatic carboxylic acids is 1. The highest BCUT2D eigenvalue weighted by atomic mass is 19.3. The highest BCUT2D eigenvalue weighted by Gasteiger charge is 2.46. The van der Waals surface area contributed by atoms with Crippen LogP contribution >= 0.6 is 0 Å². The lowest BCUT2D eigenvalue weighted by atomic mass is 9.94. The lowest BCUT2D eigenvalue weighted by molar-refractivity contribution is -0.143. The van der Waals surface area contributed by atoms with Crippen LogP contribution < -0.4 is 5.32 Å². The van der Waals surface area contributed by atoms with Gasteiger partial charge in [-0.25, -0.2) is 13.8 Å². The van der Waals surface area contributed by atoms with Crippen molar-refractivity contribution >= 4 is 11.8 Å². The molecule has 2 atom stereocenters. The van der Waals surface area contributed by atoms with Crippen molar-refractivity contribution in [3.8, 4) is 0 Å². The number of hydrogen-bond acceptors (Lipinski definition) is 5. The van der Waals surface area contributed by atoms with E-state index in [2.05, 4.69) is 28.3 Å². The van der Waals surface area contributed by atoms with E-state index in [1.165, 1.54) is 5.56 Å². The second kappa shape index (κ2) is 12.3. The third-order valence-electron chi connectivity index (χ3n) is 7.85. The summed E-state index contributed by atoms with van der Waals surface area (Å²) in [5.74, 6) is -3.33. The van der Waals surface area contributed by atoms with Gasteiger partial charge in [0.25, 0.3) is 5.92 Å². The van der Waals surface area contributed by atoms with Gasteiger partial charge in [0.1, 0.15) is 11.9 Å². The predicted molar refractivity (Wildman–Crippen MR) is 141 cm³/mol. The van der Waals surface area contributed by atoms with E-state index in [1.54, 1.807) is 17.3 Å². The average Bonchev–Trinajstić information content (AvgIpc) is 3.61. The van der Waals surface area contributed by atoms with Crippen LogP contribution in [0.3, 0.4) is 0 Å². The number of unbranched alkanes of at least 4 members (excludes halogenated alkanes) is 2. The largest absolute Gasteiger partial charge is 0.480 e. The van der Waals surface area contributed by atoms with Crippen molar-refractivity contribution in [3.63, 3.8) is 0 Å². The van der Waals surface area contributed by atoms with Gasteiger partial charge in [-0.3, -0.25) is 14.7 Å². The number of aromatic nitrogens is 2. The molecule has 202 valence electrons. The van der Waals surface area contributed by atoms with E-state index in [0.717, 1.165) is 62.0 Å². The number of carbonyl (C=O) groups is 1. The summed E-state index contributed by atoms with van der Waals surface area (Å²) in [6, 6.07) is 5.13. The maximum Gasteiger partial charge on any atom is 0.325 e. The molecule has 2 aromatic rings. The molecule has 37 heavy (non-hydrogen) atoms. The van der Waals surface area contributed by atoms with Gasteiger partial charge < -0.3 is 10.4 Å². The van der Waals surface area contributed by atoms with E-state index in [-0.39, 0.29) is 13.0 Å². The van der Waals surface area contributed by atoms with Crippen LogP contribution in [0.25, 0.3) is 0 Å². The highest BCUT2D eigenvalue weighted by molar-refractivity contribution is 5.76. The van der Waals surface area contributed by atoms with Gasteiger partial charge in [-0.15, -0.1) is 0 Å². The predicted octanol–water partition coefficient (Wildman–Crippen LogP) is 6.23. The molecule has 0 amide bonds. The highest BCUT2D eigenvalue weighted by Crippen LogP contribution is 2.45. The Bertz CT molecular complexity index is 1060. The topological polar surface area (TPSA) is 78.4 Å². The fourth-order valence-electron chi connectivity index (χ4n) is 5.67. The fraction of sp³-hybridized carbons (Fsp3) is 0.621. The van der Waals surface area contributed by atoms with Crippen molar-refractivity contribution in [1.82, 2.24) is 14.9 Å². The Labute approximate surface area is 218 Å². The van der Waals surface area contributed by atoms with Crippen LogP contribution in [0.4, 0.5) is 14.6 Å². The first-order valence-electron chi connectivity index (χ1n) is 13.8. The standard InChI is InChI=1S/C29H40F2N4O2/c1-3-7-21-11-12-23(34-27(21)32-2)8-5-4-6-15-29(30,31)22-14-17-35(19-22)26(28(36)37)25-18-33-16-13-24(25)20-9-10-20/h11-13,16,18,20,22,26H,3-10,14-15,17,19H2,1-2H3,(H,32,34)(H,36,37). The van der Waals surface area contributed by atoms with Crippen LogP contribution in [0.2, 0.25) is 0 Å². The summed E-state index contributed by atoms with van der Waals surface area (Å²) in [5.41, 5.74) is 3.87. The Balaban J connectivity index is 1.27. The molecule has 0 aromatic carbocycles. The molecule has 2 aromatic heterocycles. The average molecular weight is 515 g/mol. The molecule has 0 spiro atoms. The molecule has 1 saturated heterocycles. The Morgan fingerprint density at radius 2 is 2.00 bits per heavy atom. The molecule has 6 nitrogen and oxygen atoms in total. The summed E-state index contributed by atoms with van der Waals surface area (Å²) in [7, 11) is 1.87. The summed E-state index contributed by atoms with van der Waals surface area (Å²) >= 11 is 0. The maximum absolute atomic E-state index is 15.1. The van der Waals surface area contributed by atoms with Crippen molar-refractivity contribution < 1.29 is 18.7 Å². The van der Waals surface area contributed by atoms with Crippen molar-refractivity contribution in [2.45, 2.75) is 89.0 Å². The van der Waals surface area contributed by atoms with Gasteiger partial charge in [-0.1, -0.05) is 25.8 Å². The molecular formula is C29H40F2N4O2. The molecule has 8 heteroatoms. The van der Waals surface area contributed by atoms with Gasteiger partial charge in [0.2, 0.25) is 0 Å².